The fourth-order valence-electron chi connectivity index (χ4n) is 7.86. The number of benzene rings is 3. The SMILES string of the molecule is C[C@H]1[C@H]([C@H](O)[C@H](O)CNC(=O)c2cccc(Oc3ccccc3)c2)O[C@@](OC[C@H]2O[C@@H](OCCc3cn(CCOCCOCCOCCOCCC(=O)Oc4c(F)c(F)c(F)c(F)c4F)nn3)[C@H](O)[C@@H](O)[C@H]2O)(C(=O)O)C[C@@H]1O. The normalized spacial score (nSPS) is 23.9. The van der Waals surface area contributed by atoms with Crippen molar-refractivity contribution in [3.05, 3.63) is 101 Å². The summed E-state index contributed by atoms with van der Waals surface area (Å²) in [5.74, 6) is -19.6. The number of aliphatic hydroxyl groups is 6. The van der Waals surface area contributed by atoms with Crippen molar-refractivity contribution in [1.82, 2.24) is 20.3 Å². The summed E-state index contributed by atoms with van der Waals surface area (Å²) >= 11 is 0. The number of carbonyl (C=O) groups excluding carboxylic acids is 2. The van der Waals surface area contributed by atoms with Gasteiger partial charge in [-0.25, -0.2) is 22.6 Å². The Bertz CT molecular complexity index is 2570. The number of hydrogen-bond acceptors (Lipinski definition) is 21. The molecule has 0 aliphatic carbocycles. The summed E-state index contributed by atoms with van der Waals surface area (Å²) in [6.45, 7) is 1.14. The van der Waals surface area contributed by atoms with Crippen molar-refractivity contribution >= 4 is 17.8 Å². The third-order valence-electron chi connectivity index (χ3n) is 12.3. The molecule has 0 bridgehead atoms. The Balaban J connectivity index is 0.845. The predicted octanol–water partition coefficient (Wildman–Crippen LogP) is 0.930. The molecule has 2 aliphatic heterocycles. The zero-order valence-corrected chi connectivity index (χ0v) is 42.3. The average molecular weight is 1130 g/mol. The van der Waals surface area contributed by atoms with E-state index in [0.29, 0.717) is 23.7 Å². The van der Waals surface area contributed by atoms with Crippen LogP contribution in [-0.2, 0) is 60.4 Å². The zero-order valence-electron chi connectivity index (χ0n) is 42.3. The maximum absolute atomic E-state index is 13.7. The number of aromatic nitrogens is 3. The number of aliphatic hydroxyl groups excluding tert-OH is 6. The van der Waals surface area contributed by atoms with Gasteiger partial charge in [-0.1, -0.05) is 36.4 Å². The van der Waals surface area contributed by atoms with Crippen molar-refractivity contribution < 1.29 is 119 Å². The Morgan fingerprint density at radius 2 is 1.41 bits per heavy atom. The molecule has 1 aromatic heterocycles. The van der Waals surface area contributed by atoms with E-state index in [0.717, 1.165) is 0 Å². The molecule has 0 spiro atoms. The predicted molar refractivity (Wildman–Crippen MR) is 254 cm³/mol. The second-order valence-corrected chi connectivity index (χ2v) is 18.0. The van der Waals surface area contributed by atoms with Gasteiger partial charge in [0.1, 0.15) is 42.0 Å². The van der Waals surface area contributed by atoms with Crippen LogP contribution in [0.2, 0.25) is 0 Å². The first-order chi connectivity index (χ1) is 37.8. The van der Waals surface area contributed by atoms with Gasteiger partial charge in [0, 0.05) is 37.1 Å². The highest BCUT2D eigenvalue weighted by atomic mass is 19.2. The lowest BCUT2D eigenvalue weighted by Gasteiger charge is -2.46. The van der Waals surface area contributed by atoms with E-state index in [4.69, 9.17) is 42.6 Å². The zero-order chi connectivity index (χ0) is 57.2. The van der Waals surface area contributed by atoms with Gasteiger partial charge in [0.05, 0.1) is 103 Å². The second kappa shape index (κ2) is 30.1. The molecule has 3 aromatic carbocycles. The van der Waals surface area contributed by atoms with E-state index < -0.39 is 146 Å². The van der Waals surface area contributed by atoms with E-state index in [-0.39, 0.29) is 71.4 Å². The summed E-state index contributed by atoms with van der Waals surface area (Å²) in [6.07, 6.45) is -14.7. The van der Waals surface area contributed by atoms with Gasteiger partial charge in [-0.15, -0.1) is 5.10 Å². The van der Waals surface area contributed by atoms with E-state index in [9.17, 15) is 72.1 Å². The highest BCUT2D eigenvalue weighted by Crippen LogP contribution is 2.37. The molecule has 2 saturated heterocycles. The molecule has 1 amide bonds. The van der Waals surface area contributed by atoms with Crippen LogP contribution in [0, 0.1) is 35.0 Å². The number of ether oxygens (including phenoxy) is 10. The van der Waals surface area contributed by atoms with E-state index in [1.54, 1.807) is 42.6 Å². The van der Waals surface area contributed by atoms with E-state index in [1.165, 1.54) is 23.7 Å². The molecule has 29 heteroatoms. The fraction of sp³-hybridized carbons (Fsp3) is 0.540. The number of carboxylic acids is 1. The summed E-state index contributed by atoms with van der Waals surface area (Å²) in [4.78, 5) is 37.6. The number of carboxylic acid groups (broad SMARTS) is 1. The standard InChI is InChI=1S/C50H61F5N4O20/c1-27-32(60)23-50(49(68)69,79-45(27)41(63)33(61)24-56-47(67)28-6-5-9-31(22-28)76-30-7-3-2-4-8-30)75-26-34-42(64)43(65)44(66)48(77-34)74-14-10-29-25-59(58-57-29)12-15-71-17-19-73-21-20-72-18-16-70-13-11-35(62)78-46-39(54)37(52)36(51)38(53)40(46)55/h2-9,22,25,27,32-34,41-45,48,60-61,63-66H,10-21,23-24,26H2,1H3,(H,56,67)(H,68,69)/t27-,32+,33-,34-,41-,42+,43+,44-,45-,48-,50-/m1/s1. The lowest BCUT2D eigenvalue weighted by atomic mass is 9.84. The van der Waals surface area contributed by atoms with Gasteiger partial charge in [0.25, 0.3) is 11.7 Å². The highest BCUT2D eigenvalue weighted by Gasteiger charge is 2.55. The topological polar surface area (TPSA) is 328 Å². The third-order valence-corrected chi connectivity index (χ3v) is 12.3. The van der Waals surface area contributed by atoms with Gasteiger partial charge in [-0.2, -0.15) is 8.78 Å². The quantitative estimate of drug-likeness (QED) is 0.00868. The van der Waals surface area contributed by atoms with Crippen molar-refractivity contribution in [2.24, 2.45) is 5.92 Å². The van der Waals surface area contributed by atoms with Crippen LogP contribution in [0.3, 0.4) is 0 Å². The summed E-state index contributed by atoms with van der Waals surface area (Å²) in [6, 6.07) is 15.0. The maximum Gasteiger partial charge on any atom is 0.364 e. The molecule has 11 atom stereocenters. The first-order valence-corrected chi connectivity index (χ1v) is 24.7. The molecule has 6 rings (SSSR count). The molecular weight excluding hydrogens is 1070 g/mol. The van der Waals surface area contributed by atoms with Gasteiger partial charge in [-0.05, 0) is 30.3 Å². The molecule has 3 heterocycles. The number of nitrogens with zero attached hydrogens (tertiary/aromatic N) is 3. The molecule has 79 heavy (non-hydrogen) atoms. The Morgan fingerprint density at radius 1 is 0.785 bits per heavy atom. The lowest BCUT2D eigenvalue weighted by molar-refractivity contribution is -0.341. The van der Waals surface area contributed by atoms with E-state index in [2.05, 4.69) is 20.4 Å². The number of carbonyl (C=O) groups is 3. The number of halogens is 5. The van der Waals surface area contributed by atoms with Gasteiger partial charge < -0.3 is 88.4 Å². The van der Waals surface area contributed by atoms with Crippen molar-refractivity contribution in [2.45, 2.75) is 93.6 Å². The molecule has 0 unspecified atom stereocenters. The molecule has 0 saturated carbocycles. The van der Waals surface area contributed by atoms with Crippen LogP contribution in [0.15, 0.2) is 60.8 Å². The van der Waals surface area contributed by atoms with Crippen LogP contribution in [0.25, 0.3) is 0 Å². The Kier molecular flexibility index (Phi) is 23.7. The number of aliphatic carboxylic acids is 1. The van der Waals surface area contributed by atoms with Gasteiger partial charge in [0.15, 0.2) is 6.29 Å². The van der Waals surface area contributed by atoms with Crippen LogP contribution in [0.1, 0.15) is 35.8 Å². The monoisotopic (exact) mass is 1130 g/mol. The Hall–Kier alpha value is -5.90. The first kappa shape index (κ1) is 62.3. The van der Waals surface area contributed by atoms with Gasteiger partial charge >= 0.3 is 11.9 Å². The van der Waals surface area contributed by atoms with Gasteiger partial charge in [-0.3, -0.25) is 9.59 Å². The summed E-state index contributed by atoms with van der Waals surface area (Å²) in [5, 5.41) is 86.3. The number of hydrogen-bond donors (Lipinski definition) is 8. The van der Waals surface area contributed by atoms with Crippen molar-refractivity contribution in [3.63, 3.8) is 0 Å². The van der Waals surface area contributed by atoms with Crippen LogP contribution in [0.4, 0.5) is 22.0 Å². The van der Waals surface area contributed by atoms with Crippen LogP contribution in [-0.4, -0.2) is 202 Å². The maximum atomic E-state index is 13.7. The smallest absolute Gasteiger partial charge is 0.364 e. The third kappa shape index (κ3) is 17.3. The molecular formula is C50H61F5N4O20. The molecule has 2 fully saturated rings. The van der Waals surface area contributed by atoms with Gasteiger partial charge in [0.2, 0.25) is 34.8 Å². The largest absolute Gasteiger partial charge is 0.477 e. The van der Waals surface area contributed by atoms with Crippen LogP contribution < -0.4 is 14.8 Å². The molecule has 8 N–H and O–H groups in total. The summed E-state index contributed by atoms with van der Waals surface area (Å²) in [7, 11) is 0. The Morgan fingerprint density at radius 3 is 2.06 bits per heavy atom. The highest BCUT2D eigenvalue weighted by molar-refractivity contribution is 5.94. The minimum atomic E-state index is -2.68. The molecule has 24 nitrogen and oxygen atoms in total. The van der Waals surface area contributed by atoms with E-state index in [1.807, 2.05) is 6.07 Å². The average Bonchev–Trinajstić information content (AvgIpc) is 3.94. The lowest BCUT2D eigenvalue weighted by Crippen LogP contribution is -2.63. The minimum Gasteiger partial charge on any atom is -0.477 e. The molecule has 4 aromatic rings. The van der Waals surface area contributed by atoms with Crippen molar-refractivity contribution in [1.29, 1.82) is 0 Å². The number of amides is 1. The number of nitrogens with one attached hydrogen (secondary N) is 1. The summed E-state index contributed by atoms with van der Waals surface area (Å²) < 4.78 is 123. The Labute approximate surface area is 447 Å². The molecule has 436 valence electrons. The van der Waals surface area contributed by atoms with Crippen LogP contribution in [0.5, 0.6) is 17.2 Å². The fourth-order valence-corrected chi connectivity index (χ4v) is 7.86. The molecule has 2 aliphatic rings. The number of rotatable bonds is 31. The number of esters is 1. The van der Waals surface area contributed by atoms with Crippen molar-refractivity contribution in [2.75, 3.05) is 72.6 Å². The first-order valence-electron chi connectivity index (χ1n) is 24.7. The molecule has 0 radical (unpaired) electrons. The summed E-state index contributed by atoms with van der Waals surface area (Å²) in [5.41, 5.74) is 0.631. The van der Waals surface area contributed by atoms with E-state index >= 15 is 0 Å². The number of para-hydroxylation sites is 1. The second-order valence-electron chi connectivity index (χ2n) is 18.0. The minimum absolute atomic E-state index is 0.00466. The van der Waals surface area contributed by atoms with Crippen LogP contribution >= 0.6 is 0 Å². The van der Waals surface area contributed by atoms with Crippen molar-refractivity contribution in [3.8, 4) is 17.2 Å².